The van der Waals surface area contributed by atoms with Gasteiger partial charge in [0, 0.05) is 31.2 Å². The van der Waals surface area contributed by atoms with Crippen LogP contribution in [0.2, 0.25) is 0 Å². The number of nitrogens with zero attached hydrogens (tertiary/aromatic N) is 2. The molecule has 1 aromatic carbocycles. The summed E-state index contributed by atoms with van der Waals surface area (Å²) in [6, 6.07) is 6.57. The van der Waals surface area contributed by atoms with Crippen LogP contribution in [-0.2, 0) is 21.0 Å². The minimum Gasteiger partial charge on any atom is -0.495 e. The van der Waals surface area contributed by atoms with Crippen molar-refractivity contribution in [2.45, 2.75) is 42.8 Å². The molecule has 2 fully saturated rings. The second-order valence-electron chi connectivity index (χ2n) is 8.41. The lowest BCUT2D eigenvalue weighted by atomic mass is 9.95. The lowest BCUT2D eigenvalue weighted by Crippen LogP contribution is -2.38. The number of sulfonamides is 1. The van der Waals surface area contributed by atoms with Crippen LogP contribution in [0.15, 0.2) is 41.4 Å². The lowest BCUT2D eigenvalue weighted by molar-refractivity contribution is -0.137. The van der Waals surface area contributed by atoms with Gasteiger partial charge in [-0.1, -0.05) is 0 Å². The normalized spacial score (nSPS) is 17.5. The van der Waals surface area contributed by atoms with Gasteiger partial charge in [0.15, 0.2) is 0 Å². The molecule has 0 unspecified atom stereocenters. The van der Waals surface area contributed by atoms with Gasteiger partial charge in [-0.05, 0) is 56.0 Å². The van der Waals surface area contributed by atoms with Crippen molar-refractivity contribution in [3.05, 3.63) is 42.1 Å². The Morgan fingerprint density at radius 2 is 1.82 bits per heavy atom. The number of rotatable bonds is 7. The number of carbonyl (C=O) groups excluding carboxylic acids is 1. The fourth-order valence-electron chi connectivity index (χ4n) is 3.79. The summed E-state index contributed by atoms with van der Waals surface area (Å²) in [5.41, 5.74) is -0.547. The van der Waals surface area contributed by atoms with Crippen LogP contribution in [0.3, 0.4) is 0 Å². The third-order valence-electron chi connectivity index (χ3n) is 5.90. The molecule has 0 radical (unpaired) electrons. The van der Waals surface area contributed by atoms with E-state index >= 15 is 0 Å². The van der Waals surface area contributed by atoms with Crippen LogP contribution < -0.4 is 19.7 Å². The summed E-state index contributed by atoms with van der Waals surface area (Å²) >= 11 is 0. The number of methoxy groups -OCH3 is 1. The smallest absolute Gasteiger partial charge is 0.417 e. The highest BCUT2D eigenvalue weighted by Gasteiger charge is 2.32. The number of carbonyl (C=O) groups is 1. The van der Waals surface area contributed by atoms with Crippen molar-refractivity contribution in [1.29, 1.82) is 0 Å². The third-order valence-corrected chi connectivity index (χ3v) is 7.42. The summed E-state index contributed by atoms with van der Waals surface area (Å²) in [5, 5.41) is 2.78. The van der Waals surface area contributed by atoms with Crippen molar-refractivity contribution >= 4 is 27.4 Å². The summed E-state index contributed by atoms with van der Waals surface area (Å²) in [7, 11) is -2.27. The molecule has 2 aliphatic rings. The van der Waals surface area contributed by atoms with Gasteiger partial charge in [0.05, 0.1) is 23.3 Å². The number of piperidine rings is 1. The predicted octanol–water partition coefficient (Wildman–Crippen LogP) is 3.40. The Balaban J connectivity index is 1.39. The molecule has 34 heavy (non-hydrogen) atoms. The Morgan fingerprint density at radius 3 is 2.38 bits per heavy atom. The first kappa shape index (κ1) is 24.3. The molecule has 1 amide bonds. The van der Waals surface area contributed by atoms with E-state index in [0.717, 1.165) is 25.1 Å². The van der Waals surface area contributed by atoms with Crippen LogP contribution in [0.5, 0.6) is 5.75 Å². The van der Waals surface area contributed by atoms with E-state index in [-0.39, 0.29) is 28.4 Å². The molecule has 1 aliphatic heterocycles. The van der Waals surface area contributed by atoms with Crippen LogP contribution in [0.4, 0.5) is 24.7 Å². The number of halogens is 3. The zero-order valence-corrected chi connectivity index (χ0v) is 19.2. The Kier molecular flexibility index (Phi) is 6.72. The van der Waals surface area contributed by atoms with E-state index in [9.17, 15) is 26.4 Å². The number of ether oxygens (including phenoxy) is 1. The fraction of sp³-hybridized carbons (Fsp3) is 0.455. The van der Waals surface area contributed by atoms with Crippen LogP contribution in [0.1, 0.15) is 31.2 Å². The van der Waals surface area contributed by atoms with Crippen molar-refractivity contribution in [3.63, 3.8) is 0 Å². The monoisotopic (exact) mass is 498 g/mol. The number of amides is 1. The standard InChI is InChI=1S/C22H25F3N4O4S/c1-33-19-6-5-17(34(31,32)28-16-3-4-16)12-18(19)27-21(30)14-8-10-29(11-9-14)20-7-2-15(13-26-20)22(23,24)25/h2,5-7,12-14,16,28H,3-4,8-11H2,1H3,(H,27,30). The van der Waals surface area contributed by atoms with E-state index in [2.05, 4.69) is 15.0 Å². The summed E-state index contributed by atoms with van der Waals surface area (Å²) in [6.45, 7) is 0.903. The maximum Gasteiger partial charge on any atom is 0.417 e. The summed E-state index contributed by atoms with van der Waals surface area (Å²) in [5.74, 6) is 0.142. The molecule has 4 rings (SSSR count). The van der Waals surface area contributed by atoms with Gasteiger partial charge in [-0.2, -0.15) is 13.2 Å². The van der Waals surface area contributed by atoms with Crippen molar-refractivity contribution in [2.75, 3.05) is 30.4 Å². The topological polar surface area (TPSA) is 101 Å². The molecule has 1 aliphatic carbocycles. The first-order valence-electron chi connectivity index (χ1n) is 10.9. The van der Waals surface area contributed by atoms with Gasteiger partial charge >= 0.3 is 6.18 Å². The first-order chi connectivity index (χ1) is 16.1. The van der Waals surface area contributed by atoms with Crippen molar-refractivity contribution in [3.8, 4) is 5.75 Å². The Morgan fingerprint density at radius 1 is 1.12 bits per heavy atom. The van der Waals surface area contributed by atoms with E-state index < -0.39 is 21.8 Å². The molecule has 8 nitrogen and oxygen atoms in total. The number of alkyl halides is 3. The third kappa shape index (κ3) is 5.61. The van der Waals surface area contributed by atoms with E-state index in [1.807, 2.05) is 4.90 Å². The summed E-state index contributed by atoms with van der Waals surface area (Å²) in [6.07, 6.45) is -1.09. The van der Waals surface area contributed by atoms with Gasteiger partial charge < -0.3 is 15.0 Å². The van der Waals surface area contributed by atoms with Crippen molar-refractivity contribution in [1.82, 2.24) is 9.71 Å². The van der Waals surface area contributed by atoms with Gasteiger partial charge in [0.2, 0.25) is 15.9 Å². The predicted molar refractivity (Wildman–Crippen MR) is 119 cm³/mol. The van der Waals surface area contributed by atoms with Gasteiger partial charge in [-0.15, -0.1) is 0 Å². The van der Waals surface area contributed by atoms with Gasteiger partial charge in [-0.25, -0.2) is 18.1 Å². The highest BCUT2D eigenvalue weighted by atomic mass is 32.2. The maximum atomic E-state index is 12.9. The fourth-order valence-corrected chi connectivity index (χ4v) is 5.12. The van der Waals surface area contributed by atoms with Crippen LogP contribution in [-0.4, -0.2) is 45.6 Å². The SMILES string of the molecule is COc1ccc(S(=O)(=O)NC2CC2)cc1NC(=O)C1CCN(c2ccc(C(F)(F)F)cn2)CC1. The Labute approximate surface area is 195 Å². The van der Waals surface area contributed by atoms with E-state index in [0.29, 0.717) is 37.5 Å². The number of pyridine rings is 1. The lowest BCUT2D eigenvalue weighted by Gasteiger charge is -2.32. The van der Waals surface area contributed by atoms with Crippen LogP contribution in [0.25, 0.3) is 0 Å². The first-order valence-corrected chi connectivity index (χ1v) is 12.3. The van der Waals surface area contributed by atoms with E-state index in [1.54, 1.807) is 0 Å². The molecule has 12 heteroatoms. The molecule has 184 valence electrons. The molecule has 0 atom stereocenters. The van der Waals surface area contributed by atoms with Crippen LogP contribution >= 0.6 is 0 Å². The van der Waals surface area contributed by atoms with E-state index in [4.69, 9.17) is 4.74 Å². The van der Waals surface area contributed by atoms with Crippen molar-refractivity contribution in [2.24, 2.45) is 5.92 Å². The Hall–Kier alpha value is -2.86. The largest absolute Gasteiger partial charge is 0.495 e. The molecule has 0 bridgehead atoms. The minimum atomic E-state index is -4.44. The van der Waals surface area contributed by atoms with E-state index in [1.165, 1.54) is 31.4 Å². The number of hydrogen-bond donors (Lipinski definition) is 2. The molecule has 2 aromatic rings. The minimum absolute atomic E-state index is 0.0405. The second-order valence-corrected chi connectivity index (χ2v) is 10.1. The zero-order chi connectivity index (χ0) is 24.5. The molecular formula is C22H25F3N4O4S. The number of benzene rings is 1. The maximum absolute atomic E-state index is 12.9. The number of hydrogen-bond acceptors (Lipinski definition) is 6. The highest BCUT2D eigenvalue weighted by Crippen LogP contribution is 2.32. The summed E-state index contributed by atoms with van der Waals surface area (Å²) in [4.78, 5) is 18.7. The van der Waals surface area contributed by atoms with Gasteiger partial charge in [0.25, 0.3) is 0 Å². The second kappa shape index (κ2) is 9.41. The summed E-state index contributed by atoms with van der Waals surface area (Å²) < 4.78 is 71.2. The van der Waals surface area contributed by atoms with Crippen molar-refractivity contribution < 1.29 is 31.1 Å². The molecule has 1 aromatic heterocycles. The highest BCUT2D eigenvalue weighted by molar-refractivity contribution is 7.89. The van der Waals surface area contributed by atoms with Gasteiger partial charge in [0.1, 0.15) is 11.6 Å². The molecular weight excluding hydrogens is 473 g/mol. The molecule has 2 N–H and O–H groups in total. The molecule has 0 spiro atoms. The quantitative estimate of drug-likeness (QED) is 0.607. The molecule has 1 saturated carbocycles. The Bertz CT molecular complexity index is 1140. The van der Waals surface area contributed by atoms with Crippen LogP contribution in [0, 0.1) is 5.92 Å². The number of anilines is 2. The average molecular weight is 499 g/mol. The van der Waals surface area contributed by atoms with Gasteiger partial charge in [-0.3, -0.25) is 4.79 Å². The number of nitrogens with one attached hydrogen (secondary N) is 2. The molecule has 1 saturated heterocycles. The number of aromatic nitrogens is 1. The molecule has 2 heterocycles. The average Bonchev–Trinajstić information content (AvgIpc) is 3.62. The zero-order valence-electron chi connectivity index (χ0n) is 18.4.